The van der Waals surface area contributed by atoms with Crippen LogP contribution < -0.4 is 10.0 Å². The van der Waals surface area contributed by atoms with E-state index in [0.717, 1.165) is 12.1 Å². The third-order valence-electron chi connectivity index (χ3n) is 4.08. The van der Waals surface area contributed by atoms with Gasteiger partial charge in [-0.05, 0) is 67.7 Å². The van der Waals surface area contributed by atoms with Crippen LogP contribution >= 0.6 is 12.2 Å². The Bertz CT molecular complexity index is 1170. The Morgan fingerprint density at radius 3 is 2.45 bits per heavy atom. The van der Waals surface area contributed by atoms with E-state index in [0.29, 0.717) is 22.7 Å². The molecule has 2 aromatic carbocycles. The molecule has 29 heavy (non-hydrogen) atoms. The summed E-state index contributed by atoms with van der Waals surface area (Å²) in [6, 6.07) is 10.4. The average molecular weight is 436 g/mol. The Kier molecular flexibility index (Phi) is 6.09. The number of hydrogen-bond donors (Lipinski definition) is 3. The molecule has 0 atom stereocenters. The van der Waals surface area contributed by atoms with Crippen LogP contribution in [0.4, 0.5) is 10.1 Å². The van der Waals surface area contributed by atoms with Crippen LogP contribution in [0.2, 0.25) is 0 Å². The number of nitrogens with one attached hydrogen (secondary N) is 3. The highest BCUT2D eigenvalue weighted by Crippen LogP contribution is 2.17. The minimum absolute atomic E-state index is 0.0229. The molecular weight excluding hydrogens is 417 g/mol. The van der Waals surface area contributed by atoms with Gasteiger partial charge in [0.15, 0.2) is 10.6 Å². The number of aromatic nitrogens is 3. The van der Waals surface area contributed by atoms with Crippen molar-refractivity contribution in [2.24, 2.45) is 0 Å². The number of benzene rings is 2. The monoisotopic (exact) mass is 435 g/mol. The summed E-state index contributed by atoms with van der Waals surface area (Å²) in [4.78, 5) is 12.3. The predicted molar refractivity (Wildman–Crippen MR) is 108 cm³/mol. The maximum absolute atomic E-state index is 13.0. The normalized spacial score (nSPS) is 11.2. The molecule has 0 unspecified atom stereocenters. The minimum Gasteiger partial charge on any atom is -0.345 e. The fraction of sp³-hybridized carbons (Fsp3) is 0.167. The molecule has 11 heteroatoms. The van der Waals surface area contributed by atoms with Crippen LogP contribution in [-0.2, 0) is 23.1 Å². The number of anilines is 1. The first-order chi connectivity index (χ1) is 13.8. The van der Waals surface area contributed by atoms with E-state index in [4.69, 9.17) is 12.2 Å². The number of carbonyl (C=O) groups is 1. The first-order valence-corrected chi connectivity index (χ1v) is 10.5. The van der Waals surface area contributed by atoms with Gasteiger partial charge in [0.2, 0.25) is 0 Å². The quantitative estimate of drug-likeness (QED) is 0.495. The summed E-state index contributed by atoms with van der Waals surface area (Å²) in [6.07, 6.45) is 0. The third kappa shape index (κ3) is 4.87. The van der Waals surface area contributed by atoms with Gasteiger partial charge in [-0.1, -0.05) is 0 Å². The van der Waals surface area contributed by atoms with Gasteiger partial charge in [0.25, 0.3) is 15.9 Å². The molecule has 0 radical (unpaired) electrons. The lowest BCUT2D eigenvalue weighted by atomic mass is 10.2. The second-order valence-corrected chi connectivity index (χ2v) is 8.08. The van der Waals surface area contributed by atoms with Crippen molar-refractivity contribution in [1.29, 1.82) is 0 Å². The number of aromatic amines is 1. The average Bonchev–Trinajstić information content (AvgIpc) is 3.07. The van der Waals surface area contributed by atoms with Crippen LogP contribution in [0.1, 0.15) is 23.1 Å². The number of halogens is 1. The first kappa shape index (κ1) is 20.7. The van der Waals surface area contributed by atoms with Crippen molar-refractivity contribution in [2.45, 2.75) is 24.9 Å². The molecule has 1 heterocycles. The van der Waals surface area contributed by atoms with Crippen molar-refractivity contribution in [1.82, 2.24) is 20.1 Å². The van der Waals surface area contributed by atoms with Crippen molar-refractivity contribution in [2.75, 3.05) is 4.72 Å². The van der Waals surface area contributed by atoms with E-state index in [-0.39, 0.29) is 23.0 Å². The van der Waals surface area contributed by atoms with E-state index in [2.05, 4.69) is 20.2 Å². The van der Waals surface area contributed by atoms with E-state index in [1.54, 1.807) is 4.57 Å². The van der Waals surface area contributed by atoms with Crippen LogP contribution in [0.25, 0.3) is 0 Å². The lowest BCUT2D eigenvalue weighted by molar-refractivity contribution is 0.0949. The molecule has 0 fully saturated rings. The maximum Gasteiger partial charge on any atom is 0.261 e. The highest BCUT2D eigenvalue weighted by Gasteiger charge is 2.16. The van der Waals surface area contributed by atoms with Crippen LogP contribution in [0.3, 0.4) is 0 Å². The Labute approximate surface area is 171 Å². The maximum atomic E-state index is 13.0. The molecule has 0 saturated carbocycles. The van der Waals surface area contributed by atoms with Crippen LogP contribution in [0, 0.1) is 10.6 Å². The van der Waals surface area contributed by atoms with E-state index in [1.807, 2.05) is 6.92 Å². The topological polar surface area (TPSA) is 109 Å². The van der Waals surface area contributed by atoms with Crippen LogP contribution in [0.15, 0.2) is 53.4 Å². The zero-order valence-corrected chi connectivity index (χ0v) is 17.0. The molecule has 152 valence electrons. The summed E-state index contributed by atoms with van der Waals surface area (Å²) >= 11 is 5.10. The van der Waals surface area contributed by atoms with Gasteiger partial charge in [-0.15, -0.1) is 0 Å². The highest BCUT2D eigenvalue weighted by molar-refractivity contribution is 7.92. The van der Waals surface area contributed by atoms with E-state index < -0.39 is 15.8 Å². The molecule has 3 aromatic rings. The molecule has 0 saturated heterocycles. The molecular formula is C18H18FN5O3S2. The molecule has 0 bridgehead atoms. The number of H-pyrrole nitrogens is 1. The smallest absolute Gasteiger partial charge is 0.261 e. The summed E-state index contributed by atoms with van der Waals surface area (Å²) in [5, 5.41) is 9.45. The lowest BCUT2D eigenvalue weighted by Crippen LogP contribution is -2.24. The molecule has 0 spiro atoms. The number of hydrogen-bond acceptors (Lipinski definition) is 5. The molecule has 0 aliphatic heterocycles. The van der Waals surface area contributed by atoms with Crippen LogP contribution in [0.5, 0.6) is 0 Å². The number of rotatable bonds is 7. The van der Waals surface area contributed by atoms with Gasteiger partial charge in [-0.3, -0.25) is 14.6 Å². The molecule has 3 N–H and O–H groups in total. The second-order valence-electron chi connectivity index (χ2n) is 6.01. The van der Waals surface area contributed by atoms with Gasteiger partial charge >= 0.3 is 0 Å². The molecule has 3 rings (SSSR count). The number of amides is 1. The van der Waals surface area contributed by atoms with Gasteiger partial charge in [0, 0.05) is 17.8 Å². The standard InChI is InChI=1S/C18H18FN5O3S2/c1-2-24-16(21-22-18(24)28)11-20-17(25)12-3-9-15(10-4-12)29(26,27)23-14-7-5-13(19)6-8-14/h3-10,23H,2,11H2,1H3,(H,20,25)(H,22,28). The Morgan fingerprint density at radius 2 is 1.83 bits per heavy atom. The Hall–Kier alpha value is -3.05. The fourth-order valence-electron chi connectivity index (χ4n) is 2.59. The van der Waals surface area contributed by atoms with E-state index in [9.17, 15) is 17.6 Å². The number of carbonyl (C=O) groups excluding carboxylic acids is 1. The zero-order valence-electron chi connectivity index (χ0n) is 15.3. The van der Waals surface area contributed by atoms with Gasteiger partial charge in [-0.2, -0.15) is 5.10 Å². The van der Waals surface area contributed by atoms with Crippen molar-refractivity contribution >= 4 is 33.8 Å². The fourth-order valence-corrected chi connectivity index (χ4v) is 3.93. The zero-order chi connectivity index (χ0) is 21.0. The van der Waals surface area contributed by atoms with Crippen molar-refractivity contribution < 1.29 is 17.6 Å². The van der Waals surface area contributed by atoms with Crippen molar-refractivity contribution in [3.05, 3.63) is 70.5 Å². The molecule has 1 amide bonds. The van der Waals surface area contributed by atoms with E-state index in [1.165, 1.54) is 36.4 Å². The summed E-state index contributed by atoms with van der Waals surface area (Å²) in [6.45, 7) is 2.70. The summed E-state index contributed by atoms with van der Waals surface area (Å²) in [7, 11) is -3.86. The number of nitrogens with zero attached hydrogens (tertiary/aromatic N) is 2. The largest absolute Gasteiger partial charge is 0.345 e. The minimum atomic E-state index is -3.86. The second kappa shape index (κ2) is 8.53. The Morgan fingerprint density at radius 1 is 1.17 bits per heavy atom. The van der Waals surface area contributed by atoms with Gasteiger partial charge < -0.3 is 9.88 Å². The van der Waals surface area contributed by atoms with Gasteiger partial charge in [-0.25, -0.2) is 12.8 Å². The summed E-state index contributed by atoms with van der Waals surface area (Å²) in [5.41, 5.74) is 0.528. The van der Waals surface area contributed by atoms with Gasteiger partial charge in [0.1, 0.15) is 5.82 Å². The first-order valence-electron chi connectivity index (χ1n) is 8.61. The van der Waals surface area contributed by atoms with Gasteiger partial charge in [0.05, 0.1) is 11.4 Å². The van der Waals surface area contributed by atoms with Crippen molar-refractivity contribution in [3.8, 4) is 0 Å². The SMILES string of the molecule is CCn1c(CNC(=O)c2ccc(S(=O)(=O)Nc3ccc(F)cc3)cc2)n[nH]c1=S. The van der Waals surface area contributed by atoms with E-state index >= 15 is 0 Å². The van der Waals surface area contributed by atoms with Crippen LogP contribution in [-0.4, -0.2) is 29.1 Å². The lowest BCUT2D eigenvalue weighted by Gasteiger charge is -2.09. The summed E-state index contributed by atoms with van der Waals surface area (Å²) < 4.78 is 42.4. The predicted octanol–water partition coefficient (Wildman–Crippen LogP) is 2.83. The molecule has 0 aliphatic rings. The molecule has 1 aromatic heterocycles. The molecule has 8 nitrogen and oxygen atoms in total. The Balaban J connectivity index is 1.67. The van der Waals surface area contributed by atoms with Crippen molar-refractivity contribution in [3.63, 3.8) is 0 Å². The summed E-state index contributed by atoms with van der Waals surface area (Å²) in [5.74, 6) is -0.253. The molecule has 0 aliphatic carbocycles. The third-order valence-corrected chi connectivity index (χ3v) is 5.79. The highest BCUT2D eigenvalue weighted by atomic mass is 32.2. The number of sulfonamides is 1.